The number of piperazine rings is 1. The van der Waals surface area contributed by atoms with Gasteiger partial charge in [0.05, 0.1) is 22.8 Å². The van der Waals surface area contributed by atoms with E-state index in [4.69, 9.17) is 14.5 Å². The second-order valence-corrected chi connectivity index (χ2v) is 11.0. The number of nitrogens with zero attached hydrogens (tertiary/aromatic N) is 5. The van der Waals surface area contributed by atoms with Gasteiger partial charge in [-0.15, -0.1) is 0 Å². The number of halogens is 1. The number of amides is 2. The fourth-order valence-corrected chi connectivity index (χ4v) is 4.41. The van der Waals surface area contributed by atoms with Crippen molar-refractivity contribution in [1.29, 1.82) is 0 Å². The quantitative estimate of drug-likeness (QED) is 0.652. The Morgan fingerprint density at radius 1 is 1.09 bits per heavy atom. The number of fused-ring (bicyclic) bond motifs is 3. The van der Waals surface area contributed by atoms with Crippen molar-refractivity contribution in [3.63, 3.8) is 0 Å². The first kappa shape index (κ1) is 22.6. The van der Waals surface area contributed by atoms with Crippen molar-refractivity contribution in [3.8, 4) is 0 Å². The third kappa shape index (κ3) is 4.62. The highest BCUT2D eigenvalue weighted by Gasteiger charge is 2.47. The summed E-state index contributed by atoms with van der Waals surface area (Å²) in [6.45, 7) is 12.2. The standard InChI is InChI=1S/C21H29BrN6O4/c1-20(2,3)31-18(29)25-16-8-15(24-17-14(22)9-23-28(16)17)26-10-13-7-12(26)11-27(13)19(30)32-21(4,5)6/h8-9,12-13H,7,10-11H2,1-6H3,(H,25,29)/t12-,13+/m0/s1. The number of likely N-dealkylation sites (tertiary alicyclic amines) is 1. The van der Waals surface area contributed by atoms with E-state index < -0.39 is 17.3 Å². The van der Waals surface area contributed by atoms with Gasteiger partial charge in [-0.2, -0.15) is 9.61 Å². The van der Waals surface area contributed by atoms with Gasteiger partial charge in [0.1, 0.15) is 22.8 Å². The molecular formula is C21H29BrN6O4. The molecule has 2 aromatic heterocycles. The Hall–Kier alpha value is -2.56. The van der Waals surface area contributed by atoms with E-state index in [0.717, 1.165) is 6.42 Å². The number of anilines is 2. The molecule has 174 valence electrons. The molecule has 32 heavy (non-hydrogen) atoms. The van der Waals surface area contributed by atoms with Crippen LogP contribution in [0.15, 0.2) is 16.7 Å². The van der Waals surface area contributed by atoms with E-state index in [0.29, 0.717) is 34.8 Å². The van der Waals surface area contributed by atoms with Crippen LogP contribution in [-0.4, -0.2) is 68.1 Å². The van der Waals surface area contributed by atoms with Gasteiger partial charge in [0.25, 0.3) is 0 Å². The summed E-state index contributed by atoms with van der Waals surface area (Å²) in [5.41, 5.74) is -0.564. The molecular weight excluding hydrogens is 480 g/mol. The Morgan fingerprint density at radius 3 is 2.38 bits per heavy atom. The second kappa shape index (κ2) is 7.79. The molecule has 0 radical (unpaired) electrons. The lowest BCUT2D eigenvalue weighted by Gasteiger charge is -2.35. The maximum atomic E-state index is 12.6. The van der Waals surface area contributed by atoms with E-state index in [1.807, 2.05) is 41.5 Å². The zero-order valence-electron chi connectivity index (χ0n) is 19.2. The molecule has 0 aromatic carbocycles. The Labute approximate surface area is 195 Å². The Bertz CT molecular complexity index is 1060. The van der Waals surface area contributed by atoms with Crippen molar-refractivity contribution in [1.82, 2.24) is 19.5 Å². The number of hydrogen-bond acceptors (Lipinski definition) is 7. The van der Waals surface area contributed by atoms with Crippen LogP contribution < -0.4 is 10.2 Å². The molecule has 4 heterocycles. The van der Waals surface area contributed by atoms with E-state index in [2.05, 4.69) is 31.2 Å². The van der Waals surface area contributed by atoms with E-state index in [1.54, 1.807) is 21.7 Å². The first-order valence-corrected chi connectivity index (χ1v) is 11.4. The van der Waals surface area contributed by atoms with Crippen molar-refractivity contribution in [3.05, 3.63) is 16.7 Å². The number of carbonyl (C=O) groups is 2. The summed E-state index contributed by atoms with van der Waals surface area (Å²) in [6.07, 6.45) is 1.63. The average molecular weight is 509 g/mol. The van der Waals surface area contributed by atoms with Crippen molar-refractivity contribution in [2.75, 3.05) is 23.3 Å². The maximum absolute atomic E-state index is 12.6. The molecule has 11 heteroatoms. The zero-order chi connectivity index (χ0) is 23.4. The van der Waals surface area contributed by atoms with Gasteiger partial charge in [0.15, 0.2) is 5.65 Å². The van der Waals surface area contributed by atoms with E-state index in [1.165, 1.54) is 0 Å². The highest BCUT2D eigenvalue weighted by molar-refractivity contribution is 9.10. The van der Waals surface area contributed by atoms with Crippen LogP contribution in [0.5, 0.6) is 0 Å². The van der Waals surface area contributed by atoms with Crippen LogP contribution in [0, 0.1) is 0 Å². The first-order valence-electron chi connectivity index (χ1n) is 10.6. The van der Waals surface area contributed by atoms with Gasteiger partial charge in [-0.3, -0.25) is 5.32 Å². The molecule has 2 fully saturated rings. The normalized spacial score (nSPS) is 20.7. The van der Waals surface area contributed by atoms with Crippen molar-refractivity contribution in [2.24, 2.45) is 0 Å². The minimum atomic E-state index is -0.622. The highest BCUT2D eigenvalue weighted by atomic mass is 79.9. The number of nitrogens with one attached hydrogen (secondary N) is 1. The SMILES string of the molecule is CC(C)(C)OC(=O)Nc1cc(N2C[C@H]3C[C@H]2CN3C(=O)OC(C)(C)C)nc2c(Br)cnn12. The van der Waals surface area contributed by atoms with Crippen molar-refractivity contribution in [2.45, 2.75) is 71.2 Å². The summed E-state index contributed by atoms with van der Waals surface area (Å²) in [6, 6.07) is 1.97. The van der Waals surface area contributed by atoms with Crippen LogP contribution in [0.1, 0.15) is 48.0 Å². The van der Waals surface area contributed by atoms with E-state index in [-0.39, 0.29) is 18.2 Å². The predicted molar refractivity (Wildman–Crippen MR) is 123 cm³/mol. The summed E-state index contributed by atoms with van der Waals surface area (Å²) in [4.78, 5) is 33.7. The third-order valence-electron chi connectivity index (χ3n) is 5.21. The Kier molecular flexibility index (Phi) is 5.51. The number of ether oxygens (including phenoxy) is 2. The number of carbonyl (C=O) groups excluding carboxylic acids is 2. The fourth-order valence-electron chi connectivity index (χ4n) is 4.06. The number of hydrogen-bond donors (Lipinski definition) is 1. The third-order valence-corrected chi connectivity index (χ3v) is 5.77. The first-order chi connectivity index (χ1) is 14.8. The molecule has 2 aliphatic heterocycles. The summed E-state index contributed by atoms with van der Waals surface area (Å²) >= 11 is 3.48. The van der Waals surface area contributed by atoms with E-state index in [9.17, 15) is 9.59 Å². The van der Waals surface area contributed by atoms with Gasteiger partial charge in [0, 0.05) is 19.2 Å². The molecule has 4 rings (SSSR count). The van der Waals surface area contributed by atoms with Crippen molar-refractivity contribution < 1.29 is 19.1 Å². The minimum Gasteiger partial charge on any atom is -0.444 e. The zero-order valence-corrected chi connectivity index (χ0v) is 20.8. The Balaban J connectivity index is 1.57. The van der Waals surface area contributed by atoms with Gasteiger partial charge in [-0.05, 0) is 63.9 Å². The van der Waals surface area contributed by atoms with Crippen LogP contribution in [-0.2, 0) is 9.47 Å². The largest absolute Gasteiger partial charge is 0.444 e. The lowest BCUT2D eigenvalue weighted by Crippen LogP contribution is -2.50. The molecule has 2 aromatic rings. The van der Waals surface area contributed by atoms with E-state index >= 15 is 0 Å². The molecule has 0 unspecified atom stereocenters. The monoisotopic (exact) mass is 508 g/mol. The summed E-state index contributed by atoms with van der Waals surface area (Å²) < 4.78 is 13.2. The predicted octanol–water partition coefficient (Wildman–Crippen LogP) is 4.04. The number of aromatic nitrogens is 3. The van der Waals surface area contributed by atoms with Crippen LogP contribution >= 0.6 is 15.9 Å². The Morgan fingerprint density at radius 2 is 1.78 bits per heavy atom. The van der Waals surface area contributed by atoms with Crippen LogP contribution in [0.25, 0.3) is 5.65 Å². The van der Waals surface area contributed by atoms with Crippen LogP contribution in [0.2, 0.25) is 0 Å². The average Bonchev–Trinajstić information content (AvgIpc) is 3.33. The lowest BCUT2D eigenvalue weighted by atomic mass is 10.2. The molecule has 0 aliphatic carbocycles. The maximum Gasteiger partial charge on any atom is 0.413 e. The topological polar surface area (TPSA) is 101 Å². The molecule has 2 saturated heterocycles. The molecule has 1 N–H and O–H groups in total. The molecule has 0 saturated carbocycles. The molecule has 2 amide bonds. The smallest absolute Gasteiger partial charge is 0.413 e. The molecule has 0 spiro atoms. The van der Waals surface area contributed by atoms with Gasteiger partial charge < -0.3 is 19.3 Å². The summed E-state index contributed by atoms with van der Waals surface area (Å²) in [7, 11) is 0. The molecule has 2 atom stereocenters. The van der Waals surface area contributed by atoms with Gasteiger partial charge in [-0.1, -0.05) is 0 Å². The molecule has 2 aliphatic rings. The van der Waals surface area contributed by atoms with Crippen molar-refractivity contribution >= 4 is 45.4 Å². The van der Waals surface area contributed by atoms with Crippen LogP contribution in [0.4, 0.5) is 21.2 Å². The van der Waals surface area contributed by atoms with Gasteiger partial charge in [-0.25, -0.2) is 14.6 Å². The summed E-state index contributed by atoms with van der Waals surface area (Å²) in [5, 5.41) is 7.08. The van der Waals surface area contributed by atoms with Crippen LogP contribution in [0.3, 0.4) is 0 Å². The number of rotatable bonds is 2. The highest BCUT2D eigenvalue weighted by Crippen LogP contribution is 2.36. The molecule has 2 bridgehead atoms. The van der Waals surface area contributed by atoms with Gasteiger partial charge in [0.2, 0.25) is 0 Å². The lowest BCUT2D eigenvalue weighted by molar-refractivity contribution is 0.0214. The fraction of sp³-hybridized carbons (Fsp3) is 0.619. The van der Waals surface area contributed by atoms with Gasteiger partial charge >= 0.3 is 12.2 Å². The minimum absolute atomic E-state index is 0.0588. The molecule has 10 nitrogen and oxygen atoms in total. The second-order valence-electron chi connectivity index (χ2n) is 10.2. The summed E-state index contributed by atoms with van der Waals surface area (Å²) in [5.74, 6) is 1.16.